The molecular weight excluding hydrogens is 340 g/mol. The summed E-state index contributed by atoms with van der Waals surface area (Å²) >= 11 is 0. The zero-order valence-corrected chi connectivity index (χ0v) is 14.5. The molecule has 1 heterocycles. The number of nitrogens with one attached hydrogen (secondary N) is 1. The van der Waals surface area contributed by atoms with E-state index in [0.29, 0.717) is 5.56 Å². The molecule has 1 amide bonds. The maximum atomic E-state index is 12.5. The van der Waals surface area contributed by atoms with Crippen molar-refractivity contribution in [2.45, 2.75) is 24.3 Å². The van der Waals surface area contributed by atoms with Crippen LogP contribution in [0.15, 0.2) is 59.5 Å². The first-order valence-electron chi connectivity index (χ1n) is 7.85. The average Bonchev–Trinajstić information content (AvgIpc) is 2.95. The van der Waals surface area contributed by atoms with Crippen LogP contribution in [0.5, 0.6) is 0 Å². The number of ketones is 1. The zero-order chi connectivity index (χ0) is 18.0. The SMILES string of the molecule is CC(=O)c1ccc(S(=O)(=O)NC2CC(=O)N(c3ccccc3)C2)cc1. The molecule has 6 nitrogen and oxygen atoms in total. The molecular formula is C18H18N2O4S. The molecule has 2 aromatic rings. The fourth-order valence-electron chi connectivity index (χ4n) is 2.80. The number of nitrogens with zero attached hydrogens (tertiary/aromatic N) is 1. The number of rotatable bonds is 5. The lowest BCUT2D eigenvalue weighted by Crippen LogP contribution is -2.37. The molecule has 1 aliphatic rings. The molecule has 1 saturated heterocycles. The number of anilines is 1. The van der Waals surface area contributed by atoms with Crippen LogP contribution in [0.2, 0.25) is 0 Å². The van der Waals surface area contributed by atoms with Crippen LogP contribution in [-0.2, 0) is 14.8 Å². The Kier molecular flexibility index (Phi) is 4.69. The normalized spacial score (nSPS) is 17.7. The first kappa shape index (κ1) is 17.3. The quantitative estimate of drug-likeness (QED) is 0.829. The molecule has 1 N–H and O–H groups in total. The molecule has 0 bridgehead atoms. The first-order chi connectivity index (χ1) is 11.9. The highest BCUT2D eigenvalue weighted by Crippen LogP contribution is 2.22. The minimum Gasteiger partial charge on any atom is -0.311 e. The number of hydrogen-bond donors (Lipinski definition) is 1. The molecule has 25 heavy (non-hydrogen) atoms. The Bertz CT molecular complexity index is 892. The molecule has 1 fully saturated rings. The van der Waals surface area contributed by atoms with Crippen LogP contribution in [0.1, 0.15) is 23.7 Å². The van der Waals surface area contributed by atoms with Crippen molar-refractivity contribution in [1.29, 1.82) is 0 Å². The van der Waals surface area contributed by atoms with E-state index < -0.39 is 16.1 Å². The second kappa shape index (κ2) is 6.78. The van der Waals surface area contributed by atoms with Gasteiger partial charge in [0, 0.05) is 30.3 Å². The Balaban J connectivity index is 1.73. The lowest BCUT2D eigenvalue weighted by Gasteiger charge is -2.17. The van der Waals surface area contributed by atoms with Gasteiger partial charge in [0.15, 0.2) is 5.78 Å². The molecule has 0 saturated carbocycles. The van der Waals surface area contributed by atoms with Gasteiger partial charge in [-0.05, 0) is 31.2 Å². The summed E-state index contributed by atoms with van der Waals surface area (Å²) in [6, 6.07) is 14.4. The zero-order valence-electron chi connectivity index (χ0n) is 13.7. The smallest absolute Gasteiger partial charge is 0.240 e. The molecule has 3 rings (SSSR count). The summed E-state index contributed by atoms with van der Waals surface area (Å²) in [4.78, 5) is 25.1. The maximum absolute atomic E-state index is 12.5. The molecule has 0 spiro atoms. The van der Waals surface area contributed by atoms with E-state index in [1.54, 1.807) is 4.90 Å². The van der Waals surface area contributed by atoms with E-state index in [2.05, 4.69) is 4.72 Å². The third kappa shape index (κ3) is 3.78. The maximum Gasteiger partial charge on any atom is 0.240 e. The number of sulfonamides is 1. The summed E-state index contributed by atoms with van der Waals surface area (Å²) < 4.78 is 27.6. The number of carbonyl (C=O) groups is 2. The molecule has 0 radical (unpaired) electrons. The minimum absolute atomic E-state index is 0.0723. The van der Waals surface area contributed by atoms with E-state index in [4.69, 9.17) is 0 Å². The van der Waals surface area contributed by atoms with Crippen molar-refractivity contribution >= 4 is 27.4 Å². The second-order valence-corrected chi connectivity index (χ2v) is 7.66. The Morgan fingerprint density at radius 3 is 2.32 bits per heavy atom. The van der Waals surface area contributed by atoms with Crippen LogP contribution in [-0.4, -0.2) is 32.7 Å². The van der Waals surface area contributed by atoms with Gasteiger partial charge in [-0.3, -0.25) is 9.59 Å². The number of Topliss-reactive ketones (excluding diaryl/α,β-unsaturated/α-hetero) is 1. The third-order valence-corrected chi connectivity index (χ3v) is 5.62. The van der Waals surface area contributed by atoms with Crippen molar-refractivity contribution in [3.8, 4) is 0 Å². The van der Waals surface area contributed by atoms with Gasteiger partial charge < -0.3 is 4.90 Å². The number of para-hydroxylation sites is 1. The largest absolute Gasteiger partial charge is 0.311 e. The number of benzene rings is 2. The van der Waals surface area contributed by atoms with Gasteiger partial charge in [-0.2, -0.15) is 0 Å². The second-order valence-electron chi connectivity index (χ2n) is 5.94. The van der Waals surface area contributed by atoms with Crippen molar-refractivity contribution in [1.82, 2.24) is 4.72 Å². The van der Waals surface area contributed by atoms with Gasteiger partial charge >= 0.3 is 0 Å². The summed E-state index contributed by atoms with van der Waals surface area (Å²) in [6.07, 6.45) is 0.111. The van der Waals surface area contributed by atoms with Crippen LogP contribution in [0.4, 0.5) is 5.69 Å². The van der Waals surface area contributed by atoms with E-state index >= 15 is 0 Å². The van der Waals surface area contributed by atoms with Crippen molar-refractivity contribution < 1.29 is 18.0 Å². The van der Waals surface area contributed by atoms with Gasteiger partial charge in [0.05, 0.1) is 4.90 Å². The highest BCUT2D eigenvalue weighted by Gasteiger charge is 2.33. The first-order valence-corrected chi connectivity index (χ1v) is 9.34. The lowest BCUT2D eigenvalue weighted by atomic mass is 10.2. The van der Waals surface area contributed by atoms with Gasteiger partial charge in [0.2, 0.25) is 15.9 Å². The van der Waals surface area contributed by atoms with Gasteiger partial charge in [-0.15, -0.1) is 0 Å². The lowest BCUT2D eigenvalue weighted by molar-refractivity contribution is -0.117. The Morgan fingerprint density at radius 1 is 1.08 bits per heavy atom. The van der Waals surface area contributed by atoms with Crippen molar-refractivity contribution in [3.05, 3.63) is 60.2 Å². The molecule has 2 aromatic carbocycles. The monoisotopic (exact) mass is 358 g/mol. The van der Waals surface area contributed by atoms with E-state index in [0.717, 1.165) is 5.69 Å². The van der Waals surface area contributed by atoms with E-state index in [1.165, 1.54) is 31.2 Å². The van der Waals surface area contributed by atoms with E-state index in [9.17, 15) is 18.0 Å². The fourth-order valence-corrected chi connectivity index (χ4v) is 4.03. The van der Waals surface area contributed by atoms with Crippen LogP contribution < -0.4 is 9.62 Å². The Labute approximate surface area is 146 Å². The Morgan fingerprint density at radius 2 is 1.72 bits per heavy atom. The molecule has 0 aromatic heterocycles. The Hall–Kier alpha value is -2.51. The average molecular weight is 358 g/mol. The number of amides is 1. The standard InChI is InChI=1S/C18H18N2O4S/c1-13(21)14-7-9-17(10-8-14)25(23,24)19-15-11-18(22)20(12-15)16-5-3-2-4-6-16/h2-10,15,19H,11-12H2,1H3. The summed E-state index contributed by atoms with van der Waals surface area (Å²) in [7, 11) is -3.76. The van der Waals surface area contributed by atoms with Gasteiger partial charge in [0.25, 0.3) is 0 Å². The van der Waals surface area contributed by atoms with E-state index in [1.807, 2.05) is 30.3 Å². The summed E-state index contributed by atoms with van der Waals surface area (Å²) in [5.74, 6) is -0.248. The predicted molar refractivity (Wildman–Crippen MR) is 94.0 cm³/mol. The van der Waals surface area contributed by atoms with Crippen LogP contribution in [0.3, 0.4) is 0 Å². The number of hydrogen-bond acceptors (Lipinski definition) is 4. The highest BCUT2D eigenvalue weighted by atomic mass is 32.2. The molecule has 1 atom stereocenters. The molecule has 0 aliphatic carbocycles. The summed E-state index contributed by atoms with van der Waals surface area (Å²) in [6.45, 7) is 1.71. The van der Waals surface area contributed by atoms with E-state index in [-0.39, 0.29) is 29.6 Å². The number of carbonyl (C=O) groups excluding carboxylic acids is 2. The highest BCUT2D eigenvalue weighted by molar-refractivity contribution is 7.89. The summed E-state index contributed by atoms with van der Waals surface area (Å²) in [5.41, 5.74) is 1.20. The topological polar surface area (TPSA) is 83.5 Å². The molecule has 1 unspecified atom stereocenters. The molecule has 130 valence electrons. The minimum atomic E-state index is -3.76. The van der Waals surface area contributed by atoms with Gasteiger partial charge in [-0.25, -0.2) is 13.1 Å². The fraction of sp³-hybridized carbons (Fsp3) is 0.222. The summed E-state index contributed by atoms with van der Waals surface area (Å²) in [5, 5.41) is 0. The predicted octanol–water partition coefficient (Wildman–Crippen LogP) is 1.97. The van der Waals surface area contributed by atoms with Crippen LogP contribution >= 0.6 is 0 Å². The van der Waals surface area contributed by atoms with Crippen LogP contribution in [0.25, 0.3) is 0 Å². The van der Waals surface area contributed by atoms with Gasteiger partial charge in [-0.1, -0.05) is 30.3 Å². The van der Waals surface area contributed by atoms with Crippen molar-refractivity contribution in [3.63, 3.8) is 0 Å². The van der Waals surface area contributed by atoms with Crippen LogP contribution in [0, 0.1) is 0 Å². The van der Waals surface area contributed by atoms with Crippen molar-refractivity contribution in [2.24, 2.45) is 0 Å². The molecule has 1 aliphatic heterocycles. The molecule has 7 heteroatoms. The van der Waals surface area contributed by atoms with Gasteiger partial charge in [0.1, 0.15) is 0 Å². The van der Waals surface area contributed by atoms with Crippen molar-refractivity contribution in [2.75, 3.05) is 11.4 Å². The third-order valence-electron chi connectivity index (χ3n) is 4.09.